The maximum absolute atomic E-state index is 11.9. The number of furan rings is 3. The largest absolute Gasteiger partial charge is 0.456 e. The van der Waals surface area contributed by atoms with Crippen LogP contribution in [0, 0.1) is 22.7 Å². The number of hydrogen-bond acceptors (Lipinski definition) is 5. The molecule has 0 aliphatic carbocycles. The van der Waals surface area contributed by atoms with Gasteiger partial charge in [0.2, 0.25) is 0 Å². The predicted octanol–water partition coefficient (Wildman–Crippen LogP) is 16.4. The highest BCUT2D eigenvalue weighted by atomic mass is 16.3. The molecule has 0 N–H and O–H groups in total. The summed E-state index contributed by atoms with van der Waals surface area (Å²) >= 11 is 0. The Labute approximate surface area is 395 Å². The van der Waals surface area contributed by atoms with Gasteiger partial charge in [-0.1, -0.05) is 109 Å². The zero-order valence-corrected chi connectivity index (χ0v) is 36.9. The molecule has 16 aromatic rings. The fraction of sp³-hybridized carbons (Fsp3) is 0. The van der Waals surface area contributed by atoms with Crippen LogP contribution in [0.2, 0.25) is 0 Å². The van der Waals surface area contributed by atoms with Crippen LogP contribution in [0.4, 0.5) is 0 Å². The molecule has 0 aliphatic heterocycles. The third-order valence-electron chi connectivity index (χ3n) is 14.7. The maximum atomic E-state index is 11.9. The normalized spacial score (nSPS) is 12.3. The van der Waals surface area contributed by atoms with Gasteiger partial charge >= 0.3 is 0 Å². The number of nitriles is 2. The molecule has 70 heavy (non-hydrogen) atoms. The first-order valence-electron chi connectivity index (χ1n) is 23.2. The lowest BCUT2D eigenvalue weighted by atomic mass is 10.0. The molecule has 16 rings (SSSR count). The number of nitrogens with zero attached hydrogens (tertiary/aromatic N) is 5. The number of aromatic nitrogens is 3. The molecule has 0 amide bonds. The average molecular weight is 894 g/mol. The van der Waals surface area contributed by atoms with Crippen molar-refractivity contribution in [1.82, 2.24) is 13.7 Å². The van der Waals surface area contributed by atoms with Crippen LogP contribution in [0.1, 0.15) is 11.1 Å². The molecule has 0 atom stereocenters. The minimum atomic E-state index is 0.230. The van der Waals surface area contributed by atoms with E-state index in [1.807, 2.05) is 78.9 Å². The molecule has 8 heteroatoms. The van der Waals surface area contributed by atoms with Gasteiger partial charge in [0.05, 0.1) is 61.3 Å². The summed E-state index contributed by atoms with van der Waals surface area (Å²) in [4.78, 5) is 0. The van der Waals surface area contributed by atoms with Crippen molar-refractivity contribution < 1.29 is 13.3 Å². The lowest BCUT2D eigenvalue weighted by molar-refractivity contribution is 0.669. The van der Waals surface area contributed by atoms with Crippen LogP contribution in [0.25, 0.3) is 148 Å². The third kappa shape index (κ3) is 4.71. The van der Waals surface area contributed by atoms with Gasteiger partial charge in [-0.3, -0.25) is 0 Å². The van der Waals surface area contributed by atoms with Crippen molar-refractivity contribution in [2.24, 2.45) is 0 Å². The summed E-state index contributed by atoms with van der Waals surface area (Å²) in [6.45, 7) is 0. The molecular weight excluding hydrogens is 863 g/mol. The monoisotopic (exact) mass is 893 g/mol. The van der Waals surface area contributed by atoms with E-state index >= 15 is 0 Å². The Hall–Kier alpha value is -10.0. The van der Waals surface area contributed by atoms with Gasteiger partial charge in [0.1, 0.15) is 45.6 Å². The highest BCUT2D eigenvalue weighted by Gasteiger charge is 2.29. The van der Waals surface area contributed by atoms with Gasteiger partial charge in [-0.25, -0.2) is 0 Å². The summed E-state index contributed by atoms with van der Waals surface area (Å²) in [5.74, 6) is 0. The smallest absolute Gasteiger partial charge is 0.137 e. The lowest BCUT2D eigenvalue weighted by Gasteiger charge is -2.22. The van der Waals surface area contributed by atoms with Crippen molar-refractivity contribution in [3.8, 4) is 29.2 Å². The minimum Gasteiger partial charge on any atom is -0.456 e. The van der Waals surface area contributed by atoms with E-state index in [-0.39, 0.29) is 11.1 Å². The molecule has 0 spiro atoms. The van der Waals surface area contributed by atoms with Gasteiger partial charge in [-0.15, -0.1) is 0 Å². The molecular formula is C62H31N5O3. The molecule has 0 saturated heterocycles. The first-order valence-corrected chi connectivity index (χ1v) is 23.2. The summed E-state index contributed by atoms with van der Waals surface area (Å²) in [5.41, 5.74) is 12.2. The SMILES string of the molecule is N#Cc1c(-n2c3ccccc3c3cc4c(cc32)oc2ccccc24)cc(-n2c3ccccc3c3cc4c(cc32)oc2ccccc24)c(-n2c3ccccc3c3cc4c(cc32)oc2ccccc24)c1C#N. The molecule has 322 valence electrons. The van der Waals surface area contributed by atoms with Crippen molar-refractivity contribution in [2.75, 3.05) is 0 Å². The summed E-state index contributed by atoms with van der Waals surface area (Å²) in [7, 11) is 0. The second kappa shape index (κ2) is 13.3. The van der Waals surface area contributed by atoms with Crippen molar-refractivity contribution >= 4 is 131 Å². The topological polar surface area (TPSA) is 102 Å². The van der Waals surface area contributed by atoms with E-state index < -0.39 is 0 Å². The molecule has 10 aromatic carbocycles. The first kappa shape index (κ1) is 37.1. The third-order valence-corrected chi connectivity index (χ3v) is 14.7. The summed E-state index contributed by atoms with van der Waals surface area (Å²) in [5, 5.41) is 35.8. The van der Waals surface area contributed by atoms with Crippen LogP contribution >= 0.6 is 0 Å². The molecule has 0 unspecified atom stereocenters. The maximum Gasteiger partial charge on any atom is 0.137 e. The molecule has 0 aliphatic rings. The Morgan fingerprint density at radius 3 is 1.03 bits per heavy atom. The fourth-order valence-corrected chi connectivity index (χ4v) is 11.8. The van der Waals surface area contributed by atoms with E-state index in [0.717, 1.165) is 131 Å². The van der Waals surface area contributed by atoms with Crippen LogP contribution in [0.15, 0.2) is 201 Å². The molecule has 0 radical (unpaired) electrons. The fourth-order valence-electron chi connectivity index (χ4n) is 11.8. The van der Waals surface area contributed by atoms with Gasteiger partial charge in [0, 0.05) is 82.8 Å². The second-order valence-corrected chi connectivity index (χ2v) is 18.2. The number of fused-ring (bicyclic) bond motifs is 18. The van der Waals surface area contributed by atoms with E-state index in [0.29, 0.717) is 17.1 Å². The molecule has 0 saturated carbocycles. The number of hydrogen-bond donors (Lipinski definition) is 0. The average Bonchev–Trinajstić information content (AvgIpc) is 4.25. The van der Waals surface area contributed by atoms with Crippen LogP contribution in [0.5, 0.6) is 0 Å². The molecule has 0 fully saturated rings. The zero-order valence-electron chi connectivity index (χ0n) is 36.9. The van der Waals surface area contributed by atoms with Crippen molar-refractivity contribution in [2.45, 2.75) is 0 Å². The standard InChI is InChI=1S/C62H31N5O3/c63-32-46-47(33-64)62(67-50-21-9-3-15-36(50)42-27-45-39-18-6-12-24-58(39)70-61(45)31-54(42)67)55(66-49-20-8-2-14-35(49)41-26-44-38-17-5-11-23-57(38)69-60(44)30-53(41)66)28-51(46)65-48-19-7-1-13-34(48)40-25-43-37-16-4-10-22-56(37)68-59(43)29-52(40)65/h1-31H. The molecule has 6 heterocycles. The van der Waals surface area contributed by atoms with Crippen LogP contribution in [-0.4, -0.2) is 13.7 Å². The van der Waals surface area contributed by atoms with Crippen LogP contribution < -0.4 is 0 Å². The van der Waals surface area contributed by atoms with Crippen molar-refractivity contribution in [3.63, 3.8) is 0 Å². The van der Waals surface area contributed by atoms with Crippen molar-refractivity contribution in [3.05, 3.63) is 199 Å². The van der Waals surface area contributed by atoms with Crippen LogP contribution in [-0.2, 0) is 0 Å². The van der Waals surface area contributed by atoms with Gasteiger partial charge in [0.15, 0.2) is 0 Å². The molecule has 6 aromatic heterocycles. The quantitative estimate of drug-likeness (QED) is 0.176. The van der Waals surface area contributed by atoms with Crippen LogP contribution in [0.3, 0.4) is 0 Å². The Morgan fingerprint density at radius 2 is 0.614 bits per heavy atom. The van der Waals surface area contributed by atoms with Gasteiger partial charge in [-0.2, -0.15) is 10.5 Å². The second-order valence-electron chi connectivity index (χ2n) is 18.2. The number of rotatable bonds is 3. The molecule has 0 bridgehead atoms. The Kier molecular flexibility index (Phi) is 7.06. The number of para-hydroxylation sites is 6. The van der Waals surface area contributed by atoms with Gasteiger partial charge < -0.3 is 27.0 Å². The highest BCUT2D eigenvalue weighted by Crippen LogP contribution is 2.47. The van der Waals surface area contributed by atoms with Gasteiger partial charge in [-0.05, 0) is 60.7 Å². The minimum absolute atomic E-state index is 0.230. The van der Waals surface area contributed by atoms with E-state index in [1.165, 1.54) is 0 Å². The van der Waals surface area contributed by atoms with E-state index in [4.69, 9.17) is 13.3 Å². The van der Waals surface area contributed by atoms with Crippen molar-refractivity contribution in [1.29, 1.82) is 10.5 Å². The number of benzene rings is 10. The Balaban J connectivity index is 1.12. The highest BCUT2D eigenvalue weighted by molar-refractivity contribution is 6.21. The van der Waals surface area contributed by atoms with E-state index in [1.54, 1.807) is 0 Å². The summed E-state index contributed by atoms with van der Waals surface area (Å²) < 4.78 is 26.3. The summed E-state index contributed by atoms with van der Waals surface area (Å²) in [6, 6.07) is 69.6. The Morgan fingerprint density at radius 1 is 0.271 bits per heavy atom. The van der Waals surface area contributed by atoms with E-state index in [9.17, 15) is 10.5 Å². The predicted molar refractivity (Wildman–Crippen MR) is 281 cm³/mol. The Bertz CT molecular complexity index is 5110. The first-order chi connectivity index (χ1) is 34.6. The molecule has 8 nitrogen and oxygen atoms in total. The summed E-state index contributed by atoms with van der Waals surface area (Å²) in [6.07, 6.45) is 0. The van der Waals surface area contributed by atoms with Gasteiger partial charge in [0.25, 0.3) is 0 Å². The van der Waals surface area contributed by atoms with E-state index in [2.05, 4.69) is 135 Å². The zero-order chi connectivity index (χ0) is 45.9. The lowest BCUT2D eigenvalue weighted by Crippen LogP contribution is -2.11.